The van der Waals surface area contributed by atoms with E-state index in [2.05, 4.69) is 61.1 Å². The molecule has 1 nitrogen and oxygen atoms in total. The lowest BCUT2D eigenvalue weighted by Gasteiger charge is -2.42. The van der Waals surface area contributed by atoms with Gasteiger partial charge in [0.05, 0.1) is 6.61 Å². The van der Waals surface area contributed by atoms with Crippen molar-refractivity contribution < 1.29 is 4.43 Å². The molecule has 0 fully saturated rings. The van der Waals surface area contributed by atoms with E-state index in [1.54, 1.807) is 0 Å². The van der Waals surface area contributed by atoms with Gasteiger partial charge >= 0.3 is 0 Å². The van der Waals surface area contributed by atoms with Gasteiger partial charge in [-0.15, -0.1) is 6.58 Å². The van der Waals surface area contributed by atoms with Crippen molar-refractivity contribution in [1.82, 2.24) is 0 Å². The fourth-order valence-corrected chi connectivity index (χ4v) is 8.89. The second-order valence-corrected chi connectivity index (χ2v) is 12.3. The standard InChI is InChI=1S/C18H36OSi/c1-9-10-11-12-13-18(8)14-19-20(15(2)3,16(4)5)17(6)7/h9,13,15-17H,1,10-12,14H2,2-8H3/b18-13+. The molecule has 0 spiro atoms. The summed E-state index contributed by atoms with van der Waals surface area (Å²) in [7, 11) is -1.70. The maximum Gasteiger partial charge on any atom is 0.200 e. The van der Waals surface area contributed by atoms with Crippen LogP contribution in [-0.4, -0.2) is 14.9 Å². The molecule has 0 unspecified atom stereocenters. The predicted molar refractivity (Wildman–Crippen MR) is 94.8 cm³/mol. The van der Waals surface area contributed by atoms with Crippen LogP contribution in [0.5, 0.6) is 0 Å². The summed E-state index contributed by atoms with van der Waals surface area (Å²) in [6.45, 7) is 20.8. The molecule has 0 aromatic carbocycles. The van der Waals surface area contributed by atoms with Crippen molar-refractivity contribution in [3.05, 3.63) is 24.3 Å². The smallest absolute Gasteiger partial charge is 0.200 e. The van der Waals surface area contributed by atoms with Gasteiger partial charge in [-0.1, -0.05) is 59.3 Å². The fourth-order valence-electron chi connectivity index (χ4n) is 3.41. The Kier molecular flexibility index (Phi) is 9.40. The highest BCUT2D eigenvalue weighted by Crippen LogP contribution is 2.42. The lowest BCUT2D eigenvalue weighted by atomic mass is 10.2. The lowest BCUT2D eigenvalue weighted by molar-refractivity contribution is 0.307. The summed E-state index contributed by atoms with van der Waals surface area (Å²) in [5.41, 5.74) is 3.37. The molecule has 0 aliphatic carbocycles. The molecule has 0 bridgehead atoms. The molecule has 0 saturated carbocycles. The Morgan fingerprint density at radius 3 is 1.90 bits per heavy atom. The van der Waals surface area contributed by atoms with E-state index in [1.807, 2.05) is 6.08 Å². The first-order valence-corrected chi connectivity index (χ1v) is 10.3. The van der Waals surface area contributed by atoms with Crippen LogP contribution in [0.3, 0.4) is 0 Å². The molecular formula is C18H36OSi. The summed E-state index contributed by atoms with van der Waals surface area (Å²) in [6, 6.07) is 0. The Hall–Kier alpha value is -0.343. The Morgan fingerprint density at radius 1 is 1.00 bits per heavy atom. The van der Waals surface area contributed by atoms with Crippen LogP contribution in [0.15, 0.2) is 24.3 Å². The minimum Gasteiger partial charge on any atom is -0.412 e. The molecular weight excluding hydrogens is 260 g/mol. The molecule has 0 heterocycles. The van der Waals surface area contributed by atoms with Gasteiger partial charge in [-0.2, -0.15) is 0 Å². The molecule has 0 atom stereocenters. The van der Waals surface area contributed by atoms with Crippen LogP contribution < -0.4 is 0 Å². The zero-order valence-electron chi connectivity index (χ0n) is 14.8. The zero-order chi connectivity index (χ0) is 15.8. The van der Waals surface area contributed by atoms with Gasteiger partial charge in [-0.05, 0) is 42.8 Å². The molecule has 0 aromatic rings. The number of allylic oxidation sites excluding steroid dienone is 2. The van der Waals surface area contributed by atoms with Gasteiger partial charge in [-0.3, -0.25) is 0 Å². The first-order chi connectivity index (χ1) is 9.28. The number of hydrogen-bond acceptors (Lipinski definition) is 1. The van der Waals surface area contributed by atoms with Gasteiger partial charge in [0.25, 0.3) is 0 Å². The molecule has 0 rings (SSSR count). The third-order valence-electron chi connectivity index (χ3n) is 4.36. The van der Waals surface area contributed by atoms with Crippen LogP contribution in [0.2, 0.25) is 16.6 Å². The van der Waals surface area contributed by atoms with E-state index in [0.717, 1.165) is 19.4 Å². The average Bonchev–Trinajstić information content (AvgIpc) is 2.34. The number of hydrogen-bond donors (Lipinski definition) is 0. The number of rotatable bonds is 10. The molecule has 20 heavy (non-hydrogen) atoms. The lowest BCUT2D eigenvalue weighted by Crippen LogP contribution is -2.48. The highest BCUT2D eigenvalue weighted by atomic mass is 28.4. The van der Waals surface area contributed by atoms with Crippen molar-refractivity contribution in [2.45, 2.75) is 84.4 Å². The van der Waals surface area contributed by atoms with Crippen molar-refractivity contribution in [3.8, 4) is 0 Å². The largest absolute Gasteiger partial charge is 0.412 e. The van der Waals surface area contributed by atoms with E-state index >= 15 is 0 Å². The van der Waals surface area contributed by atoms with E-state index in [9.17, 15) is 0 Å². The van der Waals surface area contributed by atoms with Gasteiger partial charge in [0.15, 0.2) is 0 Å². The normalized spacial score (nSPS) is 13.6. The topological polar surface area (TPSA) is 9.23 Å². The van der Waals surface area contributed by atoms with E-state index in [-0.39, 0.29) is 0 Å². The van der Waals surface area contributed by atoms with E-state index in [1.165, 1.54) is 12.0 Å². The van der Waals surface area contributed by atoms with Crippen LogP contribution >= 0.6 is 0 Å². The SMILES string of the molecule is C=CCCC/C=C(\C)CO[Si](C(C)C)(C(C)C)C(C)C. The Labute approximate surface area is 128 Å². The summed E-state index contributed by atoms with van der Waals surface area (Å²) >= 11 is 0. The van der Waals surface area contributed by atoms with Crippen LogP contribution in [-0.2, 0) is 4.43 Å². The van der Waals surface area contributed by atoms with Crippen molar-refractivity contribution in [1.29, 1.82) is 0 Å². The zero-order valence-corrected chi connectivity index (χ0v) is 15.8. The summed E-state index contributed by atoms with van der Waals surface area (Å²) < 4.78 is 6.58. The molecule has 0 amide bonds. The molecule has 118 valence electrons. The summed E-state index contributed by atoms with van der Waals surface area (Å²) in [5, 5.41) is 0. The third-order valence-corrected chi connectivity index (χ3v) is 10.4. The minimum atomic E-state index is -1.70. The van der Waals surface area contributed by atoms with Crippen LogP contribution in [0.1, 0.15) is 67.7 Å². The van der Waals surface area contributed by atoms with Crippen molar-refractivity contribution in [2.24, 2.45) is 0 Å². The average molecular weight is 297 g/mol. The third kappa shape index (κ3) is 5.57. The molecule has 0 N–H and O–H groups in total. The van der Waals surface area contributed by atoms with E-state index in [4.69, 9.17) is 4.43 Å². The minimum absolute atomic E-state index is 0.663. The molecule has 0 aliphatic heterocycles. The fraction of sp³-hybridized carbons (Fsp3) is 0.778. The molecule has 2 heteroatoms. The molecule has 0 aromatic heterocycles. The van der Waals surface area contributed by atoms with Crippen molar-refractivity contribution >= 4 is 8.32 Å². The Bertz CT molecular complexity index is 281. The van der Waals surface area contributed by atoms with E-state index in [0.29, 0.717) is 16.6 Å². The van der Waals surface area contributed by atoms with Gasteiger partial charge in [-0.25, -0.2) is 0 Å². The maximum absolute atomic E-state index is 6.58. The second-order valence-electron chi connectivity index (χ2n) is 6.88. The monoisotopic (exact) mass is 296 g/mol. The summed E-state index contributed by atoms with van der Waals surface area (Å²) in [4.78, 5) is 0. The molecule has 0 saturated heterocycles. The quantitative estimate of drug-likeness (QED) is 0.254. The molecule has 0 aliphatic rings. The van der Waals surface area contributed by atoms with Crippen molar-refractivity contribution in [3.63, 3.8) is 0 Å². The van der Waals surface area contributed by atoms with Gasteiger partial charge in [0, 0.05) is 0 Å². The van der Waals surface area contributed by atoms with Gasteiger partial charge < -0.3 is 4.43 Å². The Morgan fingerprint density at radius 2 is 1.50 bits per heavy atom. The predicted octanol–water partition coefficient (Wildman–Crippen LogP) is 6.48. The summed E-state index contributed by atoms with van der Waals surface area (Å²) in [5.74, 6) is 0. The number of unbranched alkanes of at least 4 members (excludes halogenated alkanes) is 2. The van der Waals surface area contributed by atoms with Gasteiger partial charge in [0.1, 0.15) is 0 Å². The van der Waals surface area contributed by atoms with Crippen LogP contribution in [0, 0.1) is 0 Å². The maximum atomic E-state index is 6.58. The molecule has 0 radical (unpaired) electrons. The second kappa shape index (κ2) is 9.57. The highest BCUT2D eigenvalue weighted by molar-refractivity contribution is 6.77. The van der Waals surface area contributed by atoms with Crippen LogP contribution in [0.25, 0.3) is 0 Å². The first-order valence-electron chi connectivity index (χ1n) is 8.19. The first kappa shape index (κ1) is 19.7. The van der Waals surface area contributed by atoms with Crippen LogP contribution in [0.4, 0.5) is 0 Å². The highest BCUT2D eigenvalue weighted by Gasteiger charge is 2.44. The summed E-state index contributed by atoms with van der Waals surface area (Å²) in [6.07, 6.45) is 7.77. The van der Waals surface area contributed by atoms with E-state index < -0.39 is 8.32 Å². The Balaban J connectivity index is 4.65. The van der Waals surface area contributed by atoms with Crippen molar-refractivity contribution in [2.75, 3.05) is 6.61 Å². The van der Waals surface area contributed by atoms with Gasteiger partial charge in [0.2, 0.25) is 8.32 Å².